The first-order valence-electron chi connectivity index (χ1n) is 5.78. The van der Waals surface area contributed by atoms with Crippen LogP contribution in [0.25, 0.3) is 0 Å². The van der Waals surface area contributed by atoms with Gasteiger partial charge in [-0.2, -0.15) is 0 Å². The van der Waals surface area contributed by atoms with Gasteiger partial charge in [0.1, 0.15) is 5.82 Å². The number of anilines is 1. The van der Waals surface area contributed by atoms with Gasteiger partial charge >= 0.3 is 5.97 Å². The third-order valence-corrected chi connectivity index (χ3v) is 3.00. The highest BCUT2D eigenvalue weighted by Gasteiger charge is 2.24. The predicted molar refractivity (Wildman–Crippen MR) is 65.3 cm³/mol. The van der Waals surface area contributed by atoms with Crippen LogP contribution in [0.1, 0.15) is 17.3 Å². The van der Waals surface area contributed by atoms with E-state index >= 15 is 0 Å². The number of hydrogen-bond donors (Lipinski definition) is 1. The molecule has 2 rings (SSSR count). The van der Waals surface area contributed by atoms with Crippen LogP contribution in [0.4, 0.5) is 5.82 Å². The molecule has 0 bridgehead atoms. The number of nitrogens with one attached hydrogen (secondary N) is 1. The zero-order chi connectivity index (χ0) is 12.3. The van der Waals surface area contributed by atoms with Crippen LogP contribution in [0.2, 0.25) is 0 Å². The van der Waals surface area contributed by atoms with Gasteiger partial charge in [-0.1, -0.05) is 0 Å². The molecular formula is C12H17N3O2. The Morgan fingerprint density at radius 2 is 2.41 bits per heavy atom. The summed E-state index contributed by atoms with van der Waals surface area (Å²) < 4.78 is 4.71. The number of ether oxygens (including phenoxy) is 1. The van der Waals surface area contributed by atoms with E-state index in [-0.39, 0.29) is 5.97 Å². The summed E-state index contributed by atoms with van der Waals surface area (Å²) in [4.78, 5) is 18.0. The van der Waals surface area contributed by atoms with Gasteiger partial charge in [-0.25, -0.2) is 9.78 Å². The summed E-state index contributed by atoms with van der Waals surface area (Å²) in [6.07, 6.45) is 1.65. The van der Waals surface area contributed by atoms with Crippen LogP contribution in [-0.4, -0.2) is 43.7 Å². The van der Waals surface area contributed by atoms with Crippen molar-refractivity contribution in [3.63, 3.8) is 0 Å². The Bertz CT molecular complexity index is 404. The molecule has 92 valence electrons. The molecule has 1 aromatic heterocycles. The number of pyridine rings is 1. The number of aromatic nitrogens is 1. The molecule has 1 aliphatic rings. The number of rotatable bonds is 4. The first-order chi connectivity index (χ1) is 8.26. The Morgan fingerprint density at radius 3 is 2.94 bits per heavy atom. The summed E-state index contributed by atoms with van der Waals surface area (Å²) in [5.74, 6) is 0.512. The molecule has 0 aliphatic carbocycles. The number of nitrogens with zero attached hydrogens (tertiary/aromatic N) is 2. The zero-order valence-corrected chi connectivity index (χ0v) is 10.1. The summed E-state index contributed by atoms with van der Waals surface area (Å²) >= 11 is 0. The Labute approximate surface area is 101 Å². The van der Waals surface area contributed by atoms with Crippen molar-refractivity contribution >= 4 is 11.8 Å². The van der Waals surface area contributed by atoms with Crippen molar-refractivity contribution in [2.75, 3.05) is 31.6 Å². The van der Waals surface area contributed by atoms with Gasteiger partial charge < -0.3 is 15.0 Å². The van der Waals surface area contributed by atoms with Crippen LogP contribution in [0, 0.1) is 0 Å². The fraction of sp³-hybridized carbons (Fsp3) is 0.500. The molecule has 0 unspecified atom stereocenters. The lowest BCUT2D eigenvalue weighted by atomic mass is 10.1. The second kappa shape index (κ2) is 5.14. The van der Waals surface area contributed by atoms with Crippen LogP contribution in [0.3, 0.4) is 0 Å². The van der Waals surface area contributed by atoms with E-state index in [0.717, 1.165) is 25.5 Å². The summed E-state index contributed by atoms with van der Waals surface area (Å²) in [7, 11) is 1.38. The van der Waals surface area contributed by atoms with Crippen LogP contribution < -0.4 is 10.2 Å². The Balaban J connectivity index is 2.21. The van der Waals surface area contributed by atoms with Crippen LogP contribution in [-0.2, 0) is 4.74 Å². The van der Waals surface area contributed by atoms with Gasteiger partial charge in [0.2, 0.25) is 0 Å². The fourth-order valence-corrected chi connectivity index (χ4v) is 1.92. The van der Waals surface area contributed by atoms with Crippen molar-refractivity contribution in [2.24, 2.45) is 0 Å². The normalized spacial score (nSPS) is 15.2. The van der Waals surface area contributed by atoms with Gasteiger partial charge in [0.05, 0.1) is 18.7 Å². The molecule has 1 aromatic rings. The maximum atomic E-state index is 11.4. The van der Waals surface area contributed by atoms with Gasteiger partial charge in [-0.15, -0.1) is 0 Å². The fourth-order valence-electron chi connectivity index (χ4n) is 1.92. The van der Waals surface area contributed by atoms with Crippen molar-refractivity contribution < 1.29 is 9.53 Å². The first-order valence-corrected chi connectivity index (χ1v) is 5.78. The number of esters is 1. The standard InChI is InChI=1S/C12H17N3O2/c1-3-15(10-7-13-8-10)11-6-9(4-5-14-11)12(16)17-2/h4-6,10,13H,3,7-8H2,1-2H3. The van der Waals surface area contributed by atoms with E-state index in [9.17, 15) is 4.79 Å². The van der Waals surface area contributed by atoms with E-state index in [4.69, 9.17) is 4.74 Å². The number of methoxy groups -OCH3 is 1. The van der Waals surface area contributed by atoms with Crippen molar-refractivity contribution in [1.29, 1.82) is 0 Å². The molecule has 17 heavy (non-hydrogen) atoms. The second-order valence-corrected chi connectivity index (χ2v) is 3.99. The minimum atomic E-state index is -0.323. The lowest BCUT2D eigenvalue weighted by Gasteiger charge is -2.38. The van der Waals surface area contributed by atoms with Crippen molar-refractivity contribution in [2.45, 2.75) is 13.0 Å². The number of carbonyl (C=O) groups is 1. The van der Waals surface area contributed by atoms with E-state index in [1.807, 2.05) is 0 Å². The smallest absolute Gasteiger partial charge is 0.338 e. The monoisotopic (exact) mass is 235 g/mol. The molecule has 0 saturated carbocycles. The van der Waals surface area contributed by atoms with Gasteiger partial charge in [0.25, 0.3) is 0 Å². The zero-order valence-electron chi connectivity index (χ0n) is 10.1. The lowest BCUT2D eigenvalue weighted by molar-refractivity contribution is 0.0600. The topological polar surface area (TPSA) is 54.5 Å². The molecule has 1 N–H and O–H groups in total. The predicted octanol–water partition coefficient (Wildman–Crippen LogP) is 0.666. The minimum Gasteiger partial charge on any atom is -0.465 e. The second-order valence-electron chi connectivity index (χ2n) is 3.99. The summed E-state index contributed by atoms with van der Waals surface area (Å²) in [6, 6.07) is 3.93. The third kappa shape index (κ3) is 2.39. The molecule has 5 heteroatoms. The molecule has 2 heterocycles. The van der Waals surface area contributed by atoms with Gasteiger partial charge in [-0.05, 0) is 19.1 Å². The van der Waals surface area contributed by atoms with Crippen molar-refractivity contribution in [3.05, 3.63) is 23.9 Å². The molecule has 1 fully saturated rings. The van der Waals surface area contributed by atoms with Crippen LogP contribution in [0.5, 0.6) is 0 Å². The Hall–Kier alpha value is -1.62. The number of likely N-dealkylation sites (N-methyl/N-ethyl adjacent to an activating group) is 1. The van der Waals surface area contributed by atoms with Gasteiger partial charge in [0.15, 0.2) is 0 Å². The molecule has 5 nitrogen and oxygen atoms in total. The van der Waals surface area contributed by atoms with Crippen molar-refractivity contribution in [1.82, 2.24) is 10.3 Å². The van der Waals surface area contributed by atoms with E-state index < -0.39 is 0 Å². The SMILES string of the molecule is CCN(c1cc(C(=O)OC)ccn1)C1CNC1. The van der Waals surface area contributed by atoms with E-state index in [1.54, 1.807) is 18.3 Å². The van der Waals surface area contributed by atoms with Crippen LogP contribution in [0.15, 0.2) is 18.3 Å². The third-order valence-electron chi connectivity index (χ3n) is 3.00. The molecular weight excluding hydrogens is 218 g/mol. The van der Waals surface area contributed by atoms with E-state index in [2.05, 4.69) is 22.1 Å². The largest absolute Gasteiger partial charge is 0.465 e. The Morgan fingerprint density at radius 1 is 1.65 bits per heavy atom. The molecule has 1 aliphatic heterocycles. The quantitative estimate of drug-likeness (QED) is 0.777. The minimum absolute atomic E-state index is 0.323. The molecule has 0 aromatic carbocycles. The molecule has 0 radical (unpaired) electrons. The molecule has 1 saturated heterocycles. The molecule has 0 amide bonds. The van der Waals surface area contributed by atoms with E-state index in [0.29, 0.717) is 11.6 Å². The van der Waals surface area contributed by atoms with E-state index in [1.165, 1.54) is 7.11 Å². The highest BCUT2D eigenvalue weighted by atomic mass is 16.5. The van der Waals surface area contributed by atoms with Gasteiger partial charge in [0, 0.05) is 25.8 Å². The maximum Gasteiger partial charge on any atom is 0.338 e. The number of hydrogen-bond acceptors (Lipinski definition) is 5. The lowest BCUT2D eigenvalue weighted by Crippen LogP contribution is -2.57. The summed E-state index contributed by atoms with van der Waals surface area (Å²) in [6.45, 7) is 4.91. The summed E-state index contributed by atoms with van der Waals surface area (Å²) in [5.41, 5.74) is 0.545. The maximum absolute atomic E-state index is 11.4. The first kappa shape index (κ1) is 11.9. The average molecular weight is 235 g/mol. The molecule has 0 atom stereocenters. The average Bonchev–Trinajstić information content (AvgIpc) is 2.32. The summed E-state index contributed by atoms with van der Waals surface area (Å²) in [5, 5.41) is 3.23. The van der Waals surface area contributed by atoms with Gasteiger partial charge in [-0.3, -0.25) is 0 Å². The van der Waals surface area contributed by atoms with Crippen LogP contribution >= 0.6 is 0 Å². The molecule has 0 spiro atoms. The Kier molecular flexibility index (Phi) is 3.58. The van der Waals surface area contributed by atoms with Crippen molar-refractivity contribution in [3.8, 4) is 0 Å². The number of carbonyl (C=O) groups excluding carboxylic acids is 1. The highest BCUT2D eigenvalue weighted by molar-refractivity contribution is 5.90. The highest BCUT2D eigenvalue weighted by Crippen LogP contribution is 2.17.